The van der Waals surface area contributed by atoms with Crippen LogP contribution in [-0.4, -0.2) is 37.0 Å². The standard InChI is InChI=1S/C16H22N2O.ClH/c1-18(16(19)11-17-10-12-6-7-12)15-8-13-4-2-3-5-14(13)9-15;/h2-5,12,15,17H,6-11H2,1H3;1H. The number of rotatable bonds is 5. The maximum absolute atomic E-state index is 12.1. The average Bonchev–Trinajstić information content (AvgIpc) is 3.14. The Morgan fingerprint density at radius 3 is 2.40 bits per heavy atom. The lowest BCUT2D eigenvalue weighted by molar-refractivity contribution is -0.130. The van der Waals surface area contributed by atoms with Crippen LogP contribution in [0.3, 0.4) is 0 Å². The van der Waals surface area contributed by atoms with Crippen molar-refractivity contribution >= 4 is 18.3 Å². The molecule has 0 saturated heterocycles. The molecule has 110 valence electrons. The molecule has 0 aromatic heterocycles. The van der Waals surface area contributed by atoms with Crippen molar-refractivity contribution in [1.29, 1.82) is 0 Å². The molecule has 3 nitrogen and oxygen atoms in total. The van der Waals surface area contributed by atoms with E-state index in [1.807, 2.05) is 11.9 Å². The van der Waals surface area contributed by atoms with Gasteiger partial charge in [-0.3, -0.25) is 4.79 Å². The van der Waals surface area contributed by atoms with Gasteiger partial charge in [-0.2, -0.15) is 0 Å². The summed E-state index contributed by atoms with van der Waals surface area (Å²) in [6.45, 7) is 1.49. The zero-order valence-electron chi connectivity index (χ0n) is 12.0. The maximum Gasteiger partial charge on any atom is 0.236 e. The van der Waals surface area contributed by atoms with Crippen LogP contribution in [0.4, 0.5) is 0 Å². The molecule has 0 heterocycles. The molecular weight excluding hydrogens is 272 g/mol. The van der Waals surface area contributed by atoms with E-state index in [0.29, 0.717) is 12.6 Å². The van der Waals surface area contributed by atoms with E-state index in [1.165, 1.54) is 24.0 Å². The molecule has 1 fully saturated rings. The summed E-state index contributed by atoms with van der Waals surface area (Å²) in [5.74, 6) is 1.05. The number of carbonyl (C=O) groups is 1. The van der Waals surface area contributed by atoms with Crippen LogP contribution in [0.1, 0.15) is 24.0 Å². The largest absolute Gasteiger partial charge is 0.341 e. The first kappa shape index (κ1) is 15.3. The van der Waals surface area contributed by atoms with Gasteiger partial charge >= 0.3 is 0 Å². The van der Waals surface area contributed by atoms with Crippen molar-refractivity contribution in [3.8, 4) is 0 Å². The van der Waals surface area contributed by atoms with E-state index in [4.69, 9.17) is 0 Å². The number of nitrogens with zero attached hydrogens (tertiary/aromatic N) is 1. The highest BCUT2D eigenvalue weighted by molar-refractivity contribution is 5.85. The SMILES string of the molecule is CN(C(=O)CNCC1CC1)C1Cc2ccccc2C1.Cl. The van der Waals surface area contributed by atoms with Crippen LogP contribution in [0.2, 0.25) is 0 Å². The molecule has 2 aliphatic rings. The topological polar surface area (TPSA) is 32.3 Å². The molecule has 0 aliphatic heterocycles. The Hall–Kier alpha value is -1.06. The van der Waals surface area contributed by atoms with Crippen LogP contribution >= 0.6 is 12.4 Å². The second-order valence-electron chi connectivity index (χ2n) is 5.91. The number of amides is 1. The van der Waals surface area contributed by atoms with Crippen molar-refractivity contribution < 1.29 is 4.79 Å². The van der Waals surface area contributed by atoms with E-state index in [0.717, 1.165) is 25.3 Å². The van der Waals surface area contributed by atoms with Crippen molar-refractivity contribution in [2.24, 2.45) is 5.92 Å². The van der Waals surface area contributed by atoms with Gasteiger partial charge < -0.3 is 10.2 Å². The summed E-state index contributed by atoms with van der Waals surface area (Å²) in [4.78, 5) is 14.1. The summed E-state index contributed by atoms with van der Waals surface area (Å²) < 4.78 is 0. The second kappa shape index (κ2) is 6.59. The molecule has 0 bridgehead atoms. The van der Waals surface area contributed by atoms with Crippen LogP contribution in [0.15, 0.2) is 24.3 Å². The molecule has 1 N–H and O–H groups in total. The Morgan fingerprint density at radius 2 is 1.85 bits per heavy atom. The van der Waals surface area contributed by atoms with Crippen molar-refractivity contribution in [3.63, 3.8) is 0 Å². The molecule has 0 radical (unpaired) electrons. The molecule has 1 saturated carbocycles. The molecule has 4 heteroatoms. The number of hydrogen-bond donors (Lipinski definition) is 1. The number of hydrogen-bond acceptors (Lipinski definition) is 2. The molecule has 1 aromatic carbocycles. The highest BCUT2D eigenvalue weighted by Crippen LogP contribution is 2.27. The highest BCUT2D eigenvalue weighted by Gasteiger charge is 2.27. The van der Waals surface area contributed by atoms with Crippen molar-refractivity contribution in [1.82, 2.24) is 10.2 Å². The van der Waals surface area contributed by atoms with Crippen LogP contribution in [-0.2, 0) is 17.6 Å². The van der Waals surface area contributed by atoms with Crippen LogP contribution < -0.4 is 5.32 Å². The summed E-state index contributed by atoms with van der Waals surface area (Å²) in [6.07, 6.45) is 4.66. The Bertz CT molecular complexity index is 448. The predicted molar refractivity (Wildman–Crippen MR) is 83.2 cm³/mol. The number of likely N-dealkylation sites (N-methyl/N-ethyl adjacent to an activating group) is 1. The van der Waals surface area contributed by atoms with Crippen LogP contribution in [0, 0.1) is 5.92 Å². The fraction of sp³-hybridized carbons (Fsp3) is 0.562. The van der Waals surface area contributed by atoms with Gasteiger partial charge in [0.2, 0.25) is 5.91 Å². The van der Waals surface area contributed by atoms with Crippen molar-refractivity contribution in [2.45, 2.75) is 31.7 Å². The summed E-state index contributed by atoms with van der Waals surface area (Å²) in [7, 11) is 1.94. The van der Waals surface area contributed by atoms with Crippen LogP contribution in [0.25, 0.3) is 0 Å². The Balaban J connectivity index is 0.00000147. The molecule has 0 spiro atoms. The zero-order chi connectivity index (χ0) is 13.2. The van der Waals surface area contributed by atoms with E-state index in [1.54, 1.807) is 0 Å². The number of nitrogens with one attached hydrogen (secondary N) is 1. The zero-order valence-corrected chi connectivity index (χ0v) is 12.8. The predicted octanol–water partition coefficient (Wildman–Crippen LogP) is 2.03. The lowest BCUT2D eigenvalue weighted by Crippen LogP contribution is -2.42. The number of benzene rings is 1. The monoisotopic (exact) mass is 294 g/mol. The minimum absolute atomic E-state index is 0. The van der Waals surface area contributed by atoms with Gasteiger partial charge in [-0.25, -0.2) is 0 Å². The molecule has 0 atom stereocenters. The number of fused-ring (bicyclic) bond motifs is 1. The van der Waals surface area contributed by atoms with Crippen molar-refractivity contribution in [3.05, 3.63) is 35.4 Å². The Labute approximate surface area is 127 Å². The Kier molecular flexibility index (Phi) is 5.06. The molecule has 1 amide bonds. The first-order valence-electron chi connectivity index (χ1n) is 7.27. The molecule has 2 aliphatic carbocycles. The molecule has 3 rings (SSSR count). The lowest BCUT2D eigenvalue weighted by atomic mass is 10.1. The fourth-order valence-corrected chi connectivity index (χ4v) is 2.84. The van der Waals surface area contributed by atoms with Gasteiger partial charge in [0.25, 0.3) is 0 Å². The second-order valence-corrected chi connectivity index (χ2v) is 5.91. The third-order valence-electron chi connectivity index (χ3n) is 4.38. The van der Waals surface area contributed by atoms with E-state index in [9.17, 15) is 4.79 Å². The summed E-state index contributed by atoms with van der Waals surface area (Å²) in [5, 5.41) is 3.28. The molecule has 20 heavy (non-hydrogen) atoms. The van der Waals surface area contributed by atoms with Gasteiger partial charge in [0.15, 0.2) is 0 Å². The van der Waals surface area contributed by atoms with Gasteiger partial charge in [0, 0.05) is 13.1 Å². The van der Waals surface area contributed by atoms with Gasteiger partial charge in [-0.05, 0) is 49.3 Å². The van der Waals surface area contributed by atoms with Crippen molar-refractivity contribution in [2.75, 3.05) is 20.1 Å². The highest BCUT2D eigenvalue weighted by atomic mass is 35.5. The van der Waals surface area contributed by atoms with Gasteiger partial charge in [0.05, 0.1) is 6.54 Å². The Morgan fingerprint density at radius 1 is 1.25 bits per heavy atom. The summed E-state index contributed by atoms with van der Waals surface area (Å²) in [6, 6.07) is 8.87. The smallest absolute Gasteiger partial charge is 0.236 e. The lowest BCUT2D eigenvalue weighted by Gasteiger charge is -2.24. The minimum atomic E-state index is 0. The van der Waals surface area contributed by atoms with E-state index in [-0.39, 0.29) is 18.3 Å². The summed E-state index contributed by atoms with van der Waals surface area (Å²) in [5.41, 5.74) is 2.80. The summed E-state index contributed by atoms with van der Waals surface area (Å²) >= 11 is 0. The normalized spacial score (nSPS) is 17.4. The average molecular weight is 295 g/mol. The first-order chi connectivity index (χ1) is 9.24. The number of carbonyl (C=O) groups excluding carboxylic acids is 1. The maximum atomic E-state index is 12.1. The molecule has 1 aromatic rings. The van der Waals surface area contributed by atoms with Crippen LogP contribution in [0.5, 0.6) is 0 Å². The molecule has 0 unspecified atom stereocenters. The van der Waals surface area contributed by atoms with E-state index < -0.39 is 0 Å². The number of halogens is 1. The quantitative estimate of drug-likeness (QED) is 0.901. The van der Waals surface area contributed by atoms with E-state index in [2.05, 4.69) is 29.6 Å². The molecular formula is C16H23ClN2O. The third kappa shape index (κ3) is 3.53. The third-order valence-corrected chi connectivity index (χ3v) is 4.38. The van der Waals surface area contributed by atoms with Gasteiger partial charge in [-0.15, -0.1) is 12.4 Å². The first-order valence-corrected chi connectivity index (χ1v) is 7.27. The van der Waals surface area contributed by atoms with Gasteiger partial charge in [0.1, 0.15) is 0 Å². The van der Waals surface area contributed by atoms with E-state index >= 15 is 0 Å². The minimum Gasteiger partial charge on any atom is -0.341 e. The fourth-order valence-electron chi connectivity index (χ4n) is 2.84. The van der Waals surface area contributed by atoms with Gasteiger partial charge in [-0.1, -0.05) is 24.3 Å².